The van der Waals surface area contributed by atoms with E-state index in [0.717, 1.165) is 25.9 Å². The van der Waals surface area contributed by atoms with Crippen LogP contribution in [0.25, 0.3) is 0 Å². The summed E-state index contributed by atoms with van der Waals surface area (Å²) < 4.78 is 5.05. The molecule has 0 atom stereocenters. The Morgan fingerprint density at radius 1 is 1.42 bits per heavy atom. The van der Waals surface area contributed by atoms with Gasteiger partial charge < -0.3 is 4.42 Å². The summed E-state index contributed by atoms with van der Waals surface area (Å²) in [6.45, 7) is 2.30. The number of piperidine rings is 1. The molecule has 1 aromatic rings. The second kappa shape index (κ2) is 6.93. The third kappa shape index (κ3) is 4.23. The lowest BCUT2D eigenvalue weighted by atomic mass is 10.1. The molecule has 0 saturated carbocycles. The zero-order valence-electron chi connectivity index (χ0n) is 10.4. The van der Waals surface area contributed by atoms with Crippen molar-refractivity contribution < 1.29 is 9.21 Å². The highest BCUT2D eigenvalue weighted by Gasteiger charge is 2.13. The zero-order valence-corrected chi connectivity index (χ0v) is 11.9. The molecule has 0 bridgehead atoms. The molecule has 1 fully saturated rings. The van der Waals surface area contributed by atoms with Crippen molar-refractivity contribution in [3.05, 3.63) is 22.1 Å². The fraction of sp³-hybridized carbons (Fsp3) is 0.500. The molecule has 0 unspecified atom stereocenters. The topological polar surface area (TPSA) is 57.8 Å². The van der Waals surface area contributed by atoms with Crippen molar-refractivity contribution in [1.29, 1.82) is 0 Å². The third-order valence-corrected chi connectivity index (χ3v) is 3.67. The normalized spacial score (nSPS) is 16.9. The van der Waals surface area contributed by atoms with Crippen LogP contribution in [0.4, 0.5) is 0 Å². The van der Waals surface area contributed by atoms with Crippen molar-refractivity contribution in [1.82, 2.24) is 10.3 Å². The average Bonchev–Trinajstić information content (AvgIpc) is 2.72. The number of halogens is 2. The number of nitrogens with zero attached hydrogens (tertiary/aromatic N) is 2. The Hall–Kier alpha value is -1.04. The summed E-state index contributed by atoms with van der Waals surface area (Å²) in [5, 5.41) is 4.40. The van der Waals surface area contributed by atoms with Gasteiger partial charge >= 0.3 is 0 Å². The molecule has 0 aliphatic carbocycles. The van der Waals surface area contributed by atoms with E-state index in [1.165, 1.54) is 18.9 Å². The van der Waals surface area contributed by atoms with Crippen LogP contribution in [0.5, 0.6) is 0 Å². The SMILES string of the molecule is O=C(CN1CCCCC1)NN=Cc1occ(Cl)c1Cl. The molecule has 104 valence electrons. The van der Waals surface area contributed by atoms with Crippen LogP contribution < -0.4 is 5.43 Å². The van der Waals surface area contributed by atoms with Gasteiger partial charge in [-0.2, -0.15) is 5.10 Å². The number of hydrogen-bond acceptors (Lipinski definition) is 4. The van der Waals surface area contributed by atoms with Gasteiger partial charge in [0.15, 0.2) is 5.76 Å². The first-order chi connectivity index (χ1) is 9.16. The first-order valence-corrected chi connectivity index (χ1v) is 6.89. The molecule has 1 aliphatic rings. The van der Waals surface area contributed by atoms with Gasteiger partial charge in [0.1, 0.15) is 11.3 Å². The first-order valence-electron chi connectivity index (χ1n) is 6.13. The van der Waals surface area contributed by atoms with Gasteiger partial charge in [-0.25, -0.2) is 5.43 Å². The Labute approximate surface area is 121 Å². The summed E-state index contributed by atoms with van der Waals surface area (Å²) in [6.07, 6.45) is 6.20. The van der Waals surface area contributed by atoms with Gasteiger partial charge in [0.05, 0.1) is 17.8 Å². The van der Waals surface area contributed by atoms with Gasteiger partial charge in [0.25, 0.3) is 5.91 Å². The number of furan rings is 1. The minimum atomic E-state index is -0.146. The van der Waals surface area contributed by atoms with Crippen molar-refractivity contribution in [2.45, 2.75) is 19.3 Å². The van der Waals surface area contributed by atoms with Crippen LogP contribution >= 0.6 is 23.2 Å². The maximum atomic E-state index is 11.6. The predicted molar refractivity (Wildman–Crippen MR) is 74.8 cm³/mol. The van der Waals surface area contributed by atoms with E-state index in [4.69, 9.17) is 27.6 Å². The van der Waals surface area contributed by atoms with Crippen molar-refractivity contribution in [3.63, 3.8) is 0 Å². The van der Waals surface area contributed by atoms with Gasteiger partial charge in [0, 0.05) is 0 Å². The van der Waals surface area contributed by atoms with Gasteiger partial charge in [-0.3, -0.25) is 9.69 Å². The van der Waals surface area contributed by atoms with Crippen LogP contribution in [0, 0.1) is 0 Å². The predicted octanol–water partition coefficient (Wildman–Crippen LogP) is 2.52. The highest BCUT2D eigenvalue weighted by Crippen LogP contribution is 2.26. The molecule has 1 saturated heterocycles. The van der Waals surface area contributed by atoms with E-state index in [9.17, 15) is 4.79 Å². The van der Waals surface area contributed by atoms with E-state index in [2.05, 4.69) is 15.4 Å². The highest BCUT2D eigenvalue weighted by atomic mass is 35.5. The van der Waals surface area contributed by atoms with Gasteiger partial charge in [-0.15, -0.1) is 0 Å². The molecule has 1 N–H and O–H groups in total. The van der Waals surface area contributed by atoms with E-state index in [1.54, 1.807) is 0 Å². The molecule has 2 heterocycles. The van der Waals surface area contributed by atoms with Crippen LogP contribution in [-0.2, 0) is 4.79 Å². The van der Waals surface area contributed by atoms with Crippen LogP contribution in [0.1, 0.15) is 25.0 Å². The highest BCUT2D eigenvalue weighted by molar-refractivity contribution is 6.43. The maximum absolute atomic E-state index is 11.6. The second-order valence-corrected chi connectivity index (χ2v) is 5.18. The van der Waals surface area contributed by atoms with Crippen LogP contribution in [0.2, 0.25) is 10.0 Å². The molecule has 7 heteroatoms. The molecular weight excluding hydrogens is 289 g/mol. The van der Waals surface area contributed by atoms with Crippen molar-refractivity contribution >= 4 is 35.3 Å². The fourth-order valence-corrected chi connectivity index (χ4v) is 2.22. The Kier molecular flexibility index (Phi) is 5.24. The average molecular weight is 304 g/mol. The Balaban J connectivity index is 1.78. The third-order valence-electron chi connectivity index (χ3n) is 2.90. The minimum Gasteiger partial charge on any atom is -0.460 e. The number of rotatable bonds is 4. The number of nitrogens with one attached hydrogen (secondary N) is 1. The van der Waals surface area contributed by atoms with E-state index < -0.39 is 0 Å². The van der Waals surface area contributed by atoms with E-state index in [-0.39, 0.29) is 10.9 Å². The Morgan fingerprint density at radius 2 is 2.16 bits per heavy atom. The lowest BCUT2D eigenvalue weighted by molar-refractivity contribution is -0.122. The molecule has 0 aromatic carbocycles. The van der Waals surface area contributed by atoms with Crippen molar-refractivity contribution in [2.24, 2.45) is 5.10 Å². The molecule has 0 radical (unpaired) electrons. The van der Waals surface area contributed by atoms with E-state index >= 15 is 0 Å². The fourth-order valence-electron chi connectivity index (χ4n) is 1.94. The number of carbonyl (C=O) groups excluding carboxylic acids is 1. The molecule has 1 aliphatic heterocycles. The van der Waals surface area contributed by atoms with Crippen molar-refractivity contribution in [2.75, 3.05) is 19.6 Å². The molecule has 1 aromatic heterocycles. The van der Waals surface area contributed by atoms with Crippen LogP contribution in [-0.4, -0.2) is 36.7 Å². The second-order valence-electron chi connectivity index (χ2n) is 4.39. The first kappa shape index (κ1) is 14.4. The van der Waals surface area contributed by atoms with Gasteiger partial charge in [-0.05, 0) is 25.9 Å². The van der Waals surface area contributed by atoms with E-state index in [1.807, 2.05) is 0 Å². The number of likely N-dealkylation sites (tertiary alicyclic amines) is 1. The molecule has 0 spiro atoms. The number of amides is 1. The summed E-state index contributed by atoms with van der Waals surface area (Å²) in [7, 11) is 0. The summed E-state index contributed by atoms with van der Waals surface area (Å²) >= 11 is 11.6. The summed E-state index contributed by atoms with van der Waals surface area (Å²) in [5.74, 6) is 0.178. The van der Waals surface area contributed by atoms with Crippen molar-refractivity contribution in [3.8, 4) is 0 Å². The summed E-state index contributed by atoms with van der Waals surface area (Å²) in [6, 6.07) is 0. The molecule has 5 nitrogen and oxygen atoms in total. The zero-order chi connectivity index (χ0) is 13.7. The quantitative estimate of drug-likeness (QED) is 0.687. The lowest BCUT2D eigenvalue weighted by Gasteiger charge is -2.25. The molecule has 1 amide bonds. The number of hydrogen-bond donors (Lipinski definition) is 1. The van der Waals surface area contributed by atoms with Crippen LogP contribution in [0.15, 0.2) is 15.8 Å². The Morgan fingerprint density at radius 3 is 2.79 bits per heavy atom. The monoisotopic (exact) mass is 303 g/mol. The smallest absolute Gasteiger partial charge is 0.254 e. The van der Waals surface area contributed by atoms with Gasteiger partial charge in [-0.1, -0.05) is 29.6 Å². The molecular formula is C12H15Cl2N3O2. The molecule has 2 rings (SSSR count). The van der Waals surface area contributed by atoms with Gasteiger partial charge in [0.2, 0.25) is 0 Å². The Bertz CT molecular complexity index is 468. The number of carbonyl (C=O) groups is 1. The summed E-state index contributed by atoms with van der Waals surface area (Å²) in [4.78, 5) is 13.8. The van der Waals surface area contributed by atoms with Crippen LogP contribution in [0.3, 0.4) is 0 Å². The maximum Gasteiger partial charge on any atom is 0.254 e. The minimum absolute atomic E-state index is 0.146. The standard InChI is InChI=1S/C12H15Cl2N3O2/c13-9-8-19-10(12(9)14)6-15-16-11(18)7-17-4-2-1-3-5-17/h6,8H,1-5,7H2,(H,16,18). The summed E-state index contributed by atoms with van der Waals surface area (Å²) in [5.41, 5.74) is 2.44. The molecule has 19 heavy (non-hydrogen) atoms. The number of hydrazone groups is 1. The lowest BCUT2D eigenvalue weighted by Crippen LogP contribution is -2.38. The largest absolute Gasteiger partial charge is 0.460 e. The van der Waals surface area contributed by atoms with E-state index in [0.29, 0.717) is 17.3 Å².